The zero-order valence-corrected chi connectivity index (χ0v) is 21.6. The van der Waals surface area contributed by atoms with Gasteiger partial charge in [-0.3, -0.25) is 4.79 Å². The first-order valence-corrected chi connectivity index (χ1v) is 12.3. The van der Waals surface area contributed by atoms with Gasteiger partial charge in [0.25, 0.3) is 0 Å². The predicted molar refractivity (Wildman–Crippen MR) is 137 cm³/mol. The number of H-pyrrole nitrogens is 1. The number of tetrazole rings is 1. The van der Waals surface area contributed by atoms with Gasteiger partial charge in [-0.2, -0.15) is 5.21 Å². The molecule has 188 valence electrons. The highest BCUT2D eigenvalue weighted by Crippen LogP contribution is 2.30. The van der Waals surface area contributed by atoms with Crippen LogP contribution in [0, 0.1) is 5.92 Å². The molecule has 1 heterocycles. The molecule has 35 heavy (non-hydrogen) atoms. The first-order valence-electron chi connectivity index (χ1n) is 12.3. The molecule has 1 amide bonds. The SMILES string of the molecule is CC.CCCCC(=O)N(Cc1ccc(-c2ccccc2-c2nn[nH]n2)cc1)C(C(=O)OC)C(C)C. The lowest BCUT2D eigenvalue weighted by Gasteiger charge is -2.32. The largest absolute Gasteiger partial charge is 0.467 e. The normalized spacial score (nSPS) is 11.4. The Labute approximate surface area is 208 Å². The Morgan fingerprint density at radius 3 is 2.23 bits per heavy atom. The lowest BCUT2D eigenvalue weighted by atomic mass is 9.97. The van der Waals surface area contributed by atoms with Crippen LogP contribution in [-0.2, 0) is 20.9 Å². The Hall–Kier alpha value is -3.55. The number of aromatic nitrogens is 4. The third-order valence-electron chi connectivity index (χ3n) is 5.61. The van der Waals surface area contributed by atoms with Gasteiger partial charge < -0.3 is 9.64 Å². The topological polar surface area (TPSA) is 101 Å². The van der Waals surface area contributed by atoms with Gasteiger partial charge in [-0.05, 0) is 34.2 Å². The zero-order valence-electron chi connectivity index (χ0n) is 21.6. The molecule has 0 radical (unpaired) electrons. The highest BCUT2D eigenvalue weighted by atomic mass is 16.5. The standard InChI is InChI=1S/C25H31N5O3.C2H6/c1-5-6-11-22(31)30(23(17(2)3)25(32)33-4)16-18-12-14-19(15-13-18)20-9-7-8-10-21(20)24-26-28-29-27-24;1-2/h7-10,12-15,17,23H,5-6,11,16H2,1-4H3,(H,26,27,28,29);1-2H3. The Bertz CT molecular complexity index is 1050. The van der Waals surface area contributed by atoms with Gasteiger partial charge in [0.1, 0.15) is 6.04 Å². The number of esters is 1. The average molecular weight is 480 g/mol. The second kappa shape index (κ2) is 14.0. The number of nitrogens with one attached hydrogen (secondary N) is 1. The summed E-state index contributed by atoms with van der Waals surface area (Å²) in [6.07, 6.45) is 2.11. The van der Waals surface area contributed by atoms with Crippen LogP contribution in [0.3, 0.4) is 0 Å². The van der Waals surface area contributed by atoms with Crippen LogP contribution in [0.25, 0.3) is 22.5 Å². The molecule has 1 unspecified atom stereocenters. The van der Waals surface area contributed by atoms with Crippen LogP contribution in [0.4, 0.5) is 0 Å². The van der Waals surface area contributed by atoms with E-state index in [0.29, 0.717) is 18.8 Å². The summed E-state index contributed by atoms with van der Waals surface area (Å²) in [5.74, 6) is 0.0392. The number of hydrogen-bond acceptors (Lipinski definition) is 6. The highest BCUT2D eigenvalue weighted by molar-refractivity contribution is 5.85. The Morgan fingerprint density at radius 2 is 1.69 bits per heavy atom. The van der Waals surface area contributed by atoms with Crippen LogP contribution in [-0.4, -0.2) is 50.6 Å². The van der Waals surface area contributed by atoms with Crippen molar-refractivity contribution in [1.29, 1.82) is 0 Å². The monoisotopic (exact) mass is 479 g/mol. The number of ether oxygens (including phenoxy) is 1. The molecule has 1 N–H and O–H groups in total. The van der Waals surface area contributed by atoms with Crippen LogP contribution in [0.5, 0.6) is 0 Å². The molecule has 0 bridgehead atoms. The molecule has 0 aliphatic rings. The zero-order chi connectivity index (χ0) is 25.8. The third kappa shape index (κ3) is 7.21. The average Bonchev–Trinajstić information content (AvgIpc) is 3.43. The maximum Gasteiger partial charge on any atom is 0.328 e. The lowest BCUT2D eigenvalue weighted by molar-refractivity contribution is -0.155. The van der Waals surface area contributed by atoms with Gasteiger partial charge in [-0.15, -0.1) is 10.2 Å². The minimum atomic E-state index is -0.627. The quantitative estimate of drug-likeness (QED) is 0.397. The van der Waals surface area contributed by atoms with Crippen molar-refractivity contribution in [1.82, 2.24) is 25.5 Å². The Morgan fingerprint density at radius 1 is 1.03 bits per heavy atom. The van der Waals surface area contributed by atoms with E-state index in [4.69, 9.17) is 4.74 Å². The van der Waals surface area contributed by atoms with Gasteiger partial charge in [-0.1, -0.05) is 89.6 Å². The summed E-state index contributed by atoms with van der Waals surface area (Å²) in [5, 5.41) is 14.3. The number of carbonyl (C=O) groups is 2. The summed E-state index contributed by atoms with van der Waals surface area (Å²) >= 11 is 0. The second-order valence-electron chi connectivity index (χ2n) is 8.32. The number of amides is 1. The molecule has 8 heteroatoms. The van der Waals surface area contributed by atoms with Gasteiger partial charge in [-0.25, -0.2) is 4.79 Å². The van der Waals surface area contributed by atoms with Crippen molar-refractivity contribution in [3.05, 3.63) is 54.1 Å². The molecule has 0 saturated heterocycles. The number of rotatable bonds is 10. The summed E-state index contributed by atoms with van der Waals surface area (Å²) in [6, 6.07) is 15.2. The molecule has 3 aromatic rings. The molecule has 0 saturated carbocycles. The number of methoxy groups -OCH3 is 1. The molecule has 0 aliphatic heterocycles. The number of nitrogens with zero attached hydrogens (tertiary/aromatic N) is 4. The van der Waals surface area contributed by atoms with Gasteiger partial charge in [0.15, 0.2) is 0 Å². The number of aromatic amines is 1. The Kier molecular flexibility index (Phi) is 11.1. The van der Waals surface area contributed by atoms with E-state index >= 15 is 0 Å². The fourth-order valence-electron chi connectivity index (χ4n) is 3.89. The van der Waals surface area contributed by atoms with Crippen molar-refractivity contribution in [2.75, 3.05) is 7.11 Å². The van der Waals surface area contributed by atoms with E-state index in [1.54, 1.807) is 4.90 Å². The molecular weight excluding hydrogens is 442 g/mol. The molecule has 3 rings (SSSR count). The van der Waals surface area contributed by atoms with Crippen molar-refractivity contribution in [2.24, 2.45) is 5.92 Å². The van der Waals surface area contributed by atoms with Crippen LogP contribution >= 0.6 is 0 Å². The molecule has 1 atom stereocenters. The lowest BCUT2D eigenvalue weighted by Crippen LogP contribution is -2.48. The van der Waals surface area contributed by atoms with Crippen molar-refractivity contribution >= 4 is 11.9 Å². The minimum absolute atomic E-state index is 0.0347. The molecule has 2 aromatic carbocycles. The van der Waals surface area contributed by atoms with E-state index < -0.39 is 6.04 Å². The maximum absolute atomic E-state index is 13.0. The van der Waals surface area contributed by atoms with Gasteiger partial charge in [0.2, 0.25) is 11.7 Å². The number of carbonyl (C=O) groups excluding carboxylic acids is 2. The summed E-state index contributed by atoms with van der Waals surface area (Å²) in [4.78, 5) is 27.2. The van der Waals surface area contributed by atoms with Crippen molar-refractivity contribution in [2.45, 2.75) is 66.5 Å². The number of benzene rings is 2. The van der Waals surface area contributed by atoms with E-state index in [0.717, 1.165) is 35.1 Å². The number of hydrogen-bond donors (Lipinski definition) is 1. The molecule has 8 nitrogen and oxygen atoms in total. The van der Waals surface area contributed by atoms with Crippen LogP contribution < -0.4 is 0 Å². The van der Waals surface area contributed by atoms with E-state index in [1.807, 2.05) is 83.1 Å². The van der Waals surface area contributed by atoms with E-state index in [2.05, 4.69) is 20.6 Å². The van der Waals surface area contributed by atoms with Crippen LogP contribution in [0.2, 0.25) is 0 Å². The smallest absolute Gasteiger partial charge is 0.328 e. The van der Waals surface area contributed by atoms with Gasteiger partial charge >= 0.3 is 5.97 Å². The first-order chi connectivity index (χ1) is 17.0. The van der Waals surface area contributed by atoms with Crippen LogP contribution in [0.15, 0.2) is 48.5 Å². The summed E-state index contributed by atoms with van der Waals surface area (Å²) in [5.41, 5.74) is 3.79. The van der Waals surface area contributed by atoms with Crippen LogP contribution in [0.1, 0.15) is 59.4 Å². The molecule has 1 aromatic heterocycles. The molecule has 0 fully saturated rings. The van der Waals surface area contributed by atoms with E-state index in [1.165, 1.54) is 7.11 Å². The van der Waals surface area contributed by atoms with Gasteiger partial charge in [0, 0.05) is 18.5 Å². The van der Waals surface area contributed by atoms with E-state index in [9.17, 15) is 9.59 Å². The molecule has 0 aliphatic carbocycles. The second-order valence-corrected chi connectivity index (χ2v) is 8.32. The Balaban J connectivity index is 0.00000210. The van der Waals surface area contributed by atoms with Crippen molar-refractivity contribution < 1.29 is 14.3 Å². The summed E-state index contributed by atoms with van der Waals surface area (Å²) in [6.45, 7) is 10.2. The van der Waals surface area contributed by atoms with E-state index in [-0.39, 0.29) is 17.8 Å². The highest BCUT2D eigenvalue weighted by Gasteiger charge is 2.33. The van der Waals surface area contributed by atoms with Gasteiger partial charge in [0.05, 0.1) is 7.11 Å². The summed E-state index contributed by atoms with van der Waals surface area (Å²) < 4.78 is 5.02. The van der Waals surface area contributed by atoms with Crippen molar-refractivity contribution in [3.8, 4) is 22.5 Å². The number of unbranched alkanes of at least 4 members (excludes halogenated alkanes) is 1. The minimum Gasteiger partial charge on any atom is -0.467 e. The predicted octanol–water partition coefficient (Wildman–Crippen LogP) is 5.28. The fraction of sp³-hybridized carbons (Fsp3) is 0.444. The molecule has 0 spiro atoms. The molecular formula is C27H37N5O3. The third-order valence-corrected chi connectivity index (χ3v) is 5.61. The summed E-state index contributed by atoms with van der Waals surface area (Å²) in [7, 11) is 1.36. The maximum atomic E-state index is 13.0. The van der Waals surface area contributed by atoms with Crippen molar-refractivity contribution in [3.63, 3.8) is 0 Å². The fourth-order valence-corrected chi connectivity index (χ4v) is 3.89. The first kappa shape index (κ1) is 27.7.